The Hall–Kier alpha value is -1.26. The van der Waals surface area contributed by atoms with E-state index in [0.29, 0.717) is 25.6 Å². The van der Waals surface area contributed by atoms with Crippen LogP contribution in [0.2, 0.25) is 0 Å². The Morgan fingerprint density at radius 3 is 2.67 bits per heavy atom. The number of carboxylic acids is 1. The van der Waals surface area contributed by atoms with Crippen molar-refractivity contribution in [2.45, 2.75) is 45.6 Å². The first kappa shape index (κ1) is 13.2. The Bertz CT molecular complexity index is 358. The molecule has 2 amide bonds. The molecule has 0 aliphatic carbocycles. The molecule has 0 aromatic heterocycles. The van der Waals surface area contributed by atoms with E-state index in [0.717, 1.165) is 25.8 Å². The fraction of sp³-hybridized carbons (Fsp3) is 0.846. The molecule has 2 aliphatic heterocycles. The van der Waals surface area contributed by atoms with E-state index >= 15 is 0 Å². The van der Waals surface area contributed by atoms with Gasteiger partial charge in [0.1, 0.15) is 0 Å². The third-order valence-corrected chi connectivity index (χ3v) is 4.35. The van der Waals surface area contributed by atoms with Crippen molar-refractivity contribution in [1.82, 2.24) is 9.80 Å². The second-order valence-corrected chi connectivity index (χ2v) is 5.72. The molecule has 0 aromatic rings. The topological polar surface area (TPSA) is 60.9 Å². The predicted molar refractivity (Wildman–Crippen MR) is 67.3 cm³/mol. The van der Waals surface area contributed by atoms with Crippen molar-refractivity contribution in [3.05, 3.63) is 0 Å². The maximum absolute atomic E-state index is 12.4. The number of rotatable bonds is 2. The number of hydrogen-bond donors (Lipinski definition) is 1. The molecule has 0 spiro atoms. The van der Waals surface area contributed by atoms with Gasteiger partial charge in [0, 0.05) is 25.7 Å². The lowest BCUT2D eigenvalue weighted by molar-refractivity contribution is -0.147. The monoisotopic (exact) mass is 254 g/mol. The van der Waals surface area contributed by atoms with Gasteiger partial charge in [-0.15, -0.1) is 0 Å². The van der Waals surface area contributed by atoms with Crippen molar-refractivity contribution < 1.29 is 14.7 Å². The van der Waals surface area contributed by atoms with Crippen LogP contribution in [0.1, 0.15) is 39.5 Å². The molecular formula is C13H22N2O3. The highest BCUT2D eigenvalue weighted by Gasteiger charge is 2.44. The van der Waals surface area contributed by atoms with Crippen LogP contribution in [0.5, 0.6) is 0 Å². The summed E-state index contributed by atoms with van der Waals surface area (Å²) in [5.74, 6) is -0.800. The molecule has 0 saturated carbocycles. The van der Waals surface area contributed by atoms with Crippen LogP contribution in [0.4, 0.5) is 4.79 Å². The van der Waals surface area contributed by atoms with Gasteiger partial charge in [-0.05, 0) is 32.6 Å². The minimum atomic E-state index is -0.800. The molecule has 1 N–H and O–H groups in total. The maximum atomic E-state index is 12.4. The number of hydrogen-bond acceptors (Lipinski definition) is 2. The second-order valence-electron chi connectivity index (χ2n) is 5.72. The lowest BCUT2D eigenvalue weighted by Crippen LogP contribution is -2.45. The molecule has 0 bridgehead atoms. The highest BCUT2D eigenvalue weighted by Crippen LogP contribution is 2.32. The van der Waals surface area contributed by atoms with Gasteiger partial charge >= 0.3 is 12.0 Å². The SMILES string of the molecule is CCC1CCCN1C(=O)N1CCC(C)(C(=O)O)C1. The number of carbonyl (C=O) groups is 2. The number of carboxylic acid groups (broad SMARTS) is 1. The number of nitrogens with zero attached hydrogens (tertiary/aromatic N) is 2. The second kappa shape index (κ2) is 4.78. The van der Waals surface area contributed by atoms with Crippen molar-refractivity contribution in [1.29, 1.82) is 0 Å². The third kappa shape index (κ3) is 2.18. The van der Waals surface area contributed by atoms with Crippen LogP contribution in [0.15, 0.2) is 0 Å². The highest BCUT2D eigenvalue weighted by atomic mass is 16.4. The van der Waals surface area contributed by atoms with Crippen LogP contribution >= 0.6 is 0 Å². The lowest BCUT2D eigenvalue weighted by atomic mass is 9.90. The molecule has 2 aliphatic rings. The molecule has 2 atom stereocenters. The zero-order valence-corrected chi connectivity index (χ0v) is 11.2. The molecule has 2 unspecified atom stereocenters. The summed E-state index contributed by atoms with van der Waals surface area (Å²) in [7, 11) is 0. The van der Waals surface area contributed by atoms with E-state index in [1.165, 1.54) is 0 Å². The van der Waals surface area contributed by atoms with Crippen molar-refractivity contribution in [3.8, 4) is 0 Å². The number of likely N-dealkylation sites (tertiary alicyclic amines) is 2. The molecular weight excluding hydrogens is 232 g/mol. The molecule has 102 valence electrons. The van der Waals surface area contributed by atoms with E-state index in [-0.39, 0.29) is 6.03 Å². The molecule has 2 rings (SSSR count). The van der Waals surface area contributed by atoms with Gasteiger partial charge in [0.2, 0.25) is 0 Å². The van der Waals surface area contributed by atoms with Gasteiger partial charge in [0.15, 0.2) is 0 Å². The molecule has 0 radical (unpaired) electrons. The zero-order chi connectivity index (χ0) is 13.3. The summed E-state index contributed by atoms with van der Waals surface area (Å²) in [6.45, 7) is 5.55. The van der Waals surface area contributed by atoms with Crippen LogP contribution in [-0.4, -0.2) is 52.6 Å². The summed E-state index contributed by atoms with van der Waals surface area (Å²) in [4.78, 5) is 27.2. The minimum absolute atomic E-state index is 0.0318. The van der Waals surface area contributed by atoms with Gasteiger partial charge in [-0.3, -0.25) is 4.79 Å². The summed E-state index contributed by atoms with van der Waals surface area (Å²) in [6, 6.07) is 0.374. The normalized spacial score (nSPS) is 32.0. The van der Waals surface area contributed by atoms with Gasteiger partial charge in [0.25, 0.3) is 0 Å². The Morgan fingerprint density at radius 1 is 1.39 bits per heavy atom. The Labute approximate surface area is 108 Å². The van der Waals surface area contributed by atoms with Crippen LogP contribution in [-0.2, 0) is 4.79 Å². The summed E-state index contributed by atoms with van der Waals surface area (Å²) in [5, 5.41) is 9.18. The van der Waals surface area contributed by atoms with E-state index in [4.69, 9.17) is 0 Å². The first-order valence-corrected chi connectivity index (χ1v) is 6.77. The fourth-order valence-electron chi connectivity index (χ4n) is 2.99. The van der Waals surface area contributed by atoms with E-state index in [2.05, 4.69) is 6.92 Å². The summed E-state index contributed by atoms with van der Waals surface area (Å²) < 4.78 is 0. The van der Waals surface area contributed by atoms with E-state index in [9.17, 15) is 14.7 Å². The van der Waals surface area contributed by atoms with Crippen molar-refractivity contribution in [2.75, 3.05) is 19.6 Å². The van der Waals surface area contributed by atoms with E-state index in [1.807, 2.05) is 4.90 Å². The fourth-order valence-corrected chi connectivity index (χ4v) is 2.99. The van der Waals surface area contributed by atoms with Crippen LogP contribution < -0.4 is 0 Å². The molecule has 18 heavy (non-hydrogen) atoms. The van der Waals surface area contributed by atoms with E-state index in [1.54, 1.807) is 11.8 Å². The molecule has 5 nitrogen and oxygen atoms in total. The van der Waals surface area contributed by atoms with Crippen LogP contribution in [0.3, 0.4) is 0 Å². The van der Waals surface area contributed by atoms with Gasteiger partial charge in [0.05, 0.1) is 5.41 Å². The number of aliphatic carboxylic acids is 1. The molecule has 2 saturated heterocycles. The Kier molecular flexibility index (Phi) is 3.50. The molecule has 0 aromatic carbocycles. The zero-order valence-electron chi connectivity index (χ0n) is 11.2. The lowest BCUT2D eigenvalue weighted by Gasteiger charge is -2.29. The third-order valence-electron chi connectivity index (χ3n) is 4.35. The average molecular weight is 254 g/mol. The predicted octanol–water partition coefficient (Wildman–Crippen LogP) is 1.78. The summed E-state index contributed by atoms with van der Waals surface area (Å²) in [6.07, 6.45) is 3.68. The van der Waals surface area contributed by atoms with E-state index < -0.39 is 11.4 Å². The van der Waals surface area contributed by atoms with Crippen molar-refractivity contribution >= 4 is 12.0 Å². The van der Waals surface area contributed by atoms with Gasteiger partial charge in [-0.1, -0.05) is 6.92 Å². The summed E-state index contributed by atoms with van der Waals surface area (Å²) in [5.41, 5.74) is -0.767. The maximum Gasteiger partial charge on any atom is 0.320 e. The van der Waals surface area contributed by atoms with Gasteiger partial charge in [-0.25, -0.2) is 4.79 Å². The number of carbonyl (C=O) groups excluding carboxylic acids is 1. The Balaban J connectivity index is 2.01. The number of amides is 2. The van der Waals surface area contributed by atoms with Gasteiger partial charge < -0.3 is 14.9 Å². The highest BCUT2D eigenvalue weighted by molar-refractivity contribution is 5.79. The average Bonchev–Trinajstić information content (AvgIpc) is 2.94. The van der Waals surface area contributed by atoms with Crippen molar-refractivity contribution in [3.63, 3.8) is 0 Å². The number of urea groups is 1. The quantitative estimate of drug-likeness (QED) is 0.817. The van der Waals surface area contributed by atoms with Crippen LogP contribution in [0.25, 0.3) is 0 Å². The van der Waals surface area contributed by atoms with Gasteiger partial charge in [-0.2, -0.15) is 0 Å². The summed E-state index contributed by atoms with van der Waals surface area (Å²) >= 11 is 0. The van der Waals surface area contributed by atoms with Crippen molar-refractivity contribution in [2.24, 2.45) is 5.41 Å². The standard InChI is InChI=1S/C13H22N2O3/c1-3-10-5-4-7-15(10)12(18)14-8-6-13(2,9-14)11(16)17/h10H,3-9H2,1-2H3,(H,16,17). The molecule has 2 heterocycles. The first-order valence-electron chi connectivity index (χ1n) is 6.77. The molecule has 2 fully saturated rings. The largest absolute Gasteiger partial charge is 0.481 e. The first-order chi connectivity index (χ1) is 8.48. The smallest absolute Gasteiger partial charge is 0.320 e. The minimum Gasteiger partial charge on any atom is -0.481 e. The van der Waals surface area contributed by atoms with Crippen LogP contribution in [0, 0.1) is 5.41 Å². The Morgan fingerprint density at radius 2 is 2.11 bits per heavy atom. The molecule has 5 heteroatoms.